The van der Waals surface area contributed by atoms with Crippen LogP contribution in [0.2, 0.25) is 5.02 Å². The average Bonchev–Trinajstić information content (AvgIpc) is 3.31. The molecule has 12 heteroatoms. The van der Waals surface area contributed by atoms with Crippen LogP contribution in [-0.4, -0.2) is 85.3 Å². The molecule has 2 aliphatic rings. The van der Waals surface area contributed by atoms with Crippen LogP contribution in [0.25, 0.3) is 10.8 Å². The molecule has 196 valence electrons. The molecule has 1 fully saturated rings. The molecule has 2 aliphatic heterocycles. The summed E-state index contributed by atoms with van der Waals surface area (Å²) in [5, 5.41) is 2.44. The number of aromatic nitrogens is 1. The Hall–Kier alpha value is -2.57. The van der Waals surface area contributed by atoms with Gasteiger partial charge in [-0.05, 0) is 49.0 Å². The Kier molecular flexibility index (Phi) is 7.25. The van der Waals surface area contributed by atoms with Gasteiger partial charge >= 0.3 is 5.97 Å². The number of hydrogen-bond donors (Lipinski definition) is 0. The summed E-state index contributed by atoms with van der Waals surface area (Å²) in [6.45, 7) is 3.30. The first-order valence-corrected chi connectivity index (χ1v) is 14.6. The van der Waals surface area contributed by atoms with Gasteiger partial charge in [-0.3, -0.25) is 4.79 Å². The van der Waals surface area contributed by atoms with E-state index < -0.39 is 22.0 Å². The number of amides is 1. The summed E-state index contributed by atoms with van der Waals surface area (Å²) in [5.41, 5.74) is 0.915. The molecule has 2 aromatic carbocycles. The molecule has 0 N–H and O–H groups in total. The molecule has 1 saturated heterocycles. The van der Waals surface area contributed by atoms with Gasteiger partial charge in [-0.2, -0.15) is 4.31 Å². The number of sulfonamides is 1. The Morgan fingerprint density at radius 3 is 2.68 bits per heavy atom. The lowest BCUT2D eigenvalue weighted by Crippen LogP contribution is -2.59. The third-order valence-corrected chi connectivity index (χ3v) is 9.85. The number of rotatable bonds is 5. The van der Waals surface area contributed by atoms with Gasteiger partial charge < -0.3 is 14.5 Å². The molecular formula is C25H27ClN4O5S2. The molecule has 1 unspecified atom stereocenters. The quantitative estimate of drug-likeness (QED) is 0.441. The summed E-state index contributed by atoms with van der Waals surface area (Å²) in [6.07, 6.45) is 0.765. The van der Waals surface area contributed by atoms with Crippen LogP contribution in [0, 0.1) is 0 Å². The second-order valence-corrected chi connectivity index (χ2v) is 12.6. The number of carbonyl (C=O) groups is 2. The summed E-state index contributed by atoms with van der Waals surface area (Å²) < 4.78 is 33.6. The van der Waals surface area contributed by atoms with E-state index in [0.29, 0.717) is 10.0 Å². The Balaban J connectivity index is 1.41. The fourth-order valence-electron chi connectivity index (χ4n) is 4.70. The minimum Gasteiger partial charge on any atom is -0.464 e. The Morgan fingerprint density at radius 1 is 1.14 bits per heavy atom. The normalized spacial score (nSPS) is 19.1. The molecule has 3 heterocycles. The molecule has 5 rings (SSSR count). The van der Waals surface area contributed by atoms with Crippen LogP contribution in [0.4, 0.5) is 0 Å². The maximum absolute atomic E-state index is 13.6. The zero-order valence-electron chi connectivity index (χ0n) is 20.5. The highest BCUT2D eigenvalue weighted by Gasteiger charge is 2.42. The maximum atomic E-state index is 13.6. The molecular weight excluding hydrogens is 536 g/mol. The van der Waals surface area contributed by atoms with E-state index in [1.54, 1.807) is 37.3 Å². The van der Waals surface area contributed by atoms with Crippen molar-refractivity contribution in [1.82, 2.24) is 19.1 Å². The molecule has 0 bridgehead atoms. The largest absolute Gasteiger partial charge is 0.464 e. The molecule has 9 nitrogen and oxygen atoms in total. The third-order valence-electron chi connectivity index (χ3n) is 6.68. The minimum atomic E-state index is -3.93. The Bertz CT molecular complexity index is 1470. The van der Waals surface area contributed by atoms with Gasteiger partial charge in [0.1, 0.15) is 6.04 Å². The number of hydrogen-bond acceptors (Lipinski definition) is 8. The van der Waals surface area contributed by atoms with E-state index >= 15 is 0 Å². The summed E-state index contributed by atoms with van der Waals surface area (Å²) in [4.78, 5) is 35.7. The van der Waals surface area contributed by atoms with Crippen molar-refractivity contribution in [2.75, 3.05) is 39.8 Å². The van der Waals surface area contributed by atoms with Crippen LogP contribution < -0.4 is 0 Å². The van der Waals surface area contributed by atoms with Gasteiger partial charge in [0.15, 0.2) is 5.01 Å². The predicted octanol–water partition coefficient (Wildman–Crippen LogP) is 3.02. The molecule has 1 atom stereocenters. The molecule has 0 spiro atoms. The van der Waals surface area contributed by atoms with Crippen LogP contribution in [0.15, 0.2) is 41.3 Å². The van der Waals surface area contributed by atoms with Crippen molar-refractivity contribution >= 4 is 55.6 Å². The smallest absolute Gasteiger partial charge is 0.330 e. The van der Waals surface area contributed by atoms with E-state index in [-0.39, 0.29) is 37.0 Å². The fourth-order valence-corrected chi connectivity index (χ4v) is 7.50. The van der Waals surface area contributed by atoms with E-state index in [4.69, 9.17) is 16.3 Å². The average molecular weight is 563 g/mol. The minimum absolute atomic E-state index is 0.0505. The van der Waals surface area contributed by atoms with Crippen LogP contribution in [0.5, 0.6) is 0 Å². The number of likely N-dealkylation sites (N-methyl/N-ethyl adjacent to an activating group) is 1. The first kappa shape index (κ1) is 26.1. The Morgan fingerprint density at radius 2 is 1.89 bits per heavy atom. The van der Waals surface area contributed by atoms with Crippen molar-refractivity contribution in [2.45, 2.75) is 30.8 Å². The van der Waals surface area contributed by atoms with Crippen molar-refractivity contribution in [3.05, 3.63) is 57.0 Å². The fraction of sp³-hybridized carbons (Fsp3) is 0.400. The van der Waals surface area contributed by atoms with Gasteiger partial charge in [0.2, 0.25) is 10.0 Å². The summed E-state index contributed by atoms with van der Waals surface area (Å²) in [6, 6.07) is 8.99. The molecule has 1 aromatic heterocycles. The Labute approximate surface area is 224 Å². The van der Waals surface area contributed by atoms with E-state index in [2.05, 4.69) is 9.88 Å². The SMILES string of the molecule is CCOC(=O)C1CN(S(=O)(=O)c2ccc3cc(Cl)ccc3c2)CCN1C(=O)c1nc2c(s1)CN(C)CC2. The highest BCUT2D eigenvalue weighted by molar-refractivity contribution is 7.89. The van der Waals surface area contributed by atoms with E-state index in [9.17, 15) is 18.0 Å². The summed E-state index contributed by atoms with van der Waals surface area (Å²) in [5.74, 6) is -1.01. The number of piperazine rings is 1. The van der Waals surface area contributed by atoms with Gasteiger partial charge in [0.05, 0.1) is 17.2 Å². The molecule has 0 radical (unpaired) electrons. The van der Waals surface area contributed by atoms with Gasteiger partial charge in [-0.1, -0.05) is 23.7 Å². The van der Waals surface area contributed by atoms with Crippen LogP contribution in [-0.2, 0) is 32.5 Å². The zero-order valence-corrected chi connectivity index (χ0v) is 22.9. The number of thiazole rings is 1. The molecule has 3 aromatic rings. The number of nitrogens with zero attached hydrogens (tertiary/aromatic N) is 4. The highest BCUT2D eigenvalue weighted by atomic mass is 35.5. The van der Waals surface area contributed by atoms with Crippen LogP contribution in [0.3, 0.4) is 0 Å². The van der Waals surface area contributed by atoms with Crippen molar-refractivity contribution < 1.29 is 22.7 Å². The number of fused-ring (bicyclic) bond motifs is 2. The van der Waals surface area contributed by atoms with E-state index in [1.165, 1.54) is 26.6 Å². The second kappa shape index (κ2) is 10.3. The lowest BCUT2D eigenvalue weighted by atomic mass is 10.1. The van der Waals surface area contributed by atoms with Crippen molar-refractivity contribution in [1.29, 1.82) is 0 Å². The first-order chi connectivity index (χ1) is 17.7. The maximum Gasteiger partial charge on any atom is 0.330 e. The highest BCUT2D eigenvalue weighted by Crippen LogP contribution is 2.29. The van der Waals surface area contributed by atoms with Crippen molar-refractivity contribution in [2.24, 2.45) is 0 Å². The lowest BCUT2D eigenvalue weighted by Gasteiger charge is -2.38. The standard InChI is InChI=1S/C25H27ClN4O5S2/c1-3-35-25(32)21-14-29(37(33,34)19-7-5-16-12-18(26)6-4-17(16)13-19)10-11-30(21)24(31)23-27-20-8-9-28(2)15-22(20)36-23/h4-7,12-13,21H,3,8-11,14-15H2,1-2H3. The van der Waals surface area contributed by atoms with Gasteiger partial charge in [0.25, 0.3) is 5.91 Å². The molecule has 0 aliphatic carbocycles. The lowest BCUT2D eigenvalue weighted by molar-refractivity contribution is -0.149. The number of esters is 1. The summed E-state index contributed by atoms with van der Waals surface area (Å²) in [7, 11) is -1.91. The number of ether oxygens (including phenoxy) is 1. The molecule has 1 amide bonds. The molecule has 37 heavy (non-hydrogen) atoms. The number of halogens is 1. The number of carbonyl (C=O) groups excluding carboxylic acids is 2. The van der Waals surface area contributed by atoms with Gasteiger partial charge in [-0.25, -0.2) is 18.2 Å². The summed E-state index contributed by atoms with van der Waals surface area (Å²) >= 11 is 7.39. The van der Waals surface area contributed by atoms with E-state index in [0.717, 1.165) is 40.9 Å². The van der Waals surface area contributed by atoms with Gasteiger partial charge in [-0.15, -0.1) is 11.3 Å². The van der Waals surface area contributed by atoms with E-state index in [1.807, 2.05) is 7.05 Å². The molecule has 0 saturated carbocycles. The zero-order chi connectivity index (χ0) is 26.3. The number of benzene rings is 2. The topological polar surface area (TPSA) is 100 Å². The van der Waals surface area contributed by atoms with Crippen molar-refractivity contribution in [3.8, 4) is 0 Å². The first-order valence-electron chi connectivity index (χ1n) is 12.0. The third kappa shape index (κ3) is 5.10. The van der Waals surface area contributed by atoms with Gasteiger partial charge in [0, 0.05) is 49.0 Å². The monoisotopic (exact) mass is 562 g/mol. The second-order valence-electron chi connectivity index (χ2n) is 9.16. The van der Waals surface area contributed by atoms with Crippen LogP contribution >= 0.6 is 22.9 Å². The van der Waals surface area contributed by atoms with Crippen molar-refractivity contribution in [3.63, 3.8) is 0 Å². The predicted molar refractivity (Wildman–Crippen MR) is 141 cm³/mol. The van der Waals surface area contributed by atoms with Crippen LogP contribution in [0.1, 0.15) is 27.3 Å².